The summed E-state index contributed by atoms with van der Waals surface area (Å²) < 4.78 is 7.52. The van der Waals surface area contributed by atoms with Crippen LogP contribution >= 0.6 is 23.4 Å². The highest BCUT2D eigenvalue weighted by Crippen LogP contribution is 2.27. The molecule has 0 unspecified atom stereocenters. The number of hydrogen-bond acceptors (Lipinski definition) is 5. The van der Waals surface area contributed by atoms with E-state index in [1.807, 2.05) is 47.3 Å². The van der Waals surface area contributed by atoms with Crippen molar-refractivity contribution < 1.29 is 4.42 Å². The summed E-state index contributed by atoms with van der Waals surface area (Å²) in [5, 5.41) is 13.6. The monoisotopic (exact) mass is 368 g/mol. The Morgan fingerprint density at radius 3 is 2.68 bits per heavy atom. The summed E-state index contributed by atoms with van der Waals surface area (Å²) >= 11 is 7.49. The van der Waals surface area contributed by atoms with Gasteiger partial charge in [-0.15, -0.1) is 10.2 Å². The van der Waals surface area contributed by atoms with Gasteiger partial charge in [-0.05, 0) is 42.0 Å². The number of thioether (sulfide) groups is 1. The molecule has 0 fully saturated rings. The van der Waals surface area contributed by atoms with Crippen molar-refractivity contribution in [3.63, 3.8) is 0 Å². The molecular weight excluding hydrogens is 356 g/mol. The molecule has 0 aliphatic heterocycles. The Bertz CT molecular complexity index is 967. The van der Waals surface area contributed by atoms with Gasteiger partial charge >= 0.3 is 0 Å². The van der Waals surface area contributed by atoms with Gasteiger partial charge in [0.05, 0.1) is 5.69 Å². The minimum atomic E-state index is 0.471. The van der Waals surface area contributed by atoms with E-state index >= 15 is 0 Å². The van der Waals surface area contributed by atoms with E-state index in [1.165, 1.54) is 17.3 Å². The van der Waals surface area contributed by atoms with Gasteiger partial charge in [0.2, 0.25) is 5.89 Å². The summed E-state index contributed by atoms with van der Waals surface area (Å²) in [4.78, 5) is 0. The number of halogens is 1. The summed E-state index contributed by atoms with van der Waals surface area (Å²) in [5.41, 5.74) is 3.01. The summed E-state index contributed by atoms with van der Waals surface area (Å²) in [6.45, 7) is 0. The van der Waals surface area contributed by atoms with Crippen molar-refractivity contribution in [2.45, 2.75) is 11.0 Å². The summed E-state index contributed by atoms with van der Waals surface area (Å²) in [6.07, 6.45) is 3.68. The van der Waals surface area contributed by atoms with Crippen LogP contribution < -0.4 is 0 Å². The summed E-state index contributed by atoms with van der Waals surface area (Å²) in [5.74, 6) is 1.22. The van der Waals surface area contributed by atoms with E-state index in [0.29, 0.717) is 16.1 Å². The van der Waals surface area contributed by atoms with E-state index in [1.54, 1.807) is 12.3 Å². The predicted molar refractivity (Wildman–Crippen MR) is 97.9 cm³/mol. The molecule has 4 aromatic rings. The lowest BCUT2D eigenvalue weighted by Gasteiger charge is -2.03. The normalized spacial score (nSPS) is 10.9. The van der Waals surface area contributed by atoms with Crippen LogP contribution in [0.25, 0.3) is 17.1 Å². The van der Waals surface area contributed by atoms with Crippen LogP contribution in [0.2, 0.25) is 5.02 Å². The van der Waals surface area contributed by atoms with Gasteiger partial charge in [0, 0.05) is 28.7 Å². The fourth-order valence-corrected chi connectivity index (χ4v) is 3.23. The van der Waals surface area contributed by atoms with Crippen LogP contribution in [0.5, 0.6) is 0 Å². The molecule has 2 heterocycles. The number of hydrogen-bond donors (Lipinski definition) is 0. The lowest BCUT2D eigenvalue weighted by molar-refractivity contribution is 0.466. The van der Waals surface area contributed by atoms with Gasteiger partial charge < -0.3 is 4.42 Å². The highest BCUT2D eigenvalue weighted by molar-refractivity contribution is 7.98. The number of benzene rings is 2. The number of rotatable bonds is 5. The van der Waals surface area contributed by atoms with Crippen molar-refractivity contribution in [3.8, 4) is 17.1 Å². The Morgan fingerprint density at radius 1 is 1.04 bits per heavy atom. The molecule has 0 bridgehead atoms. The molecule has 0 spiro atoms. The van der Waals surface area contributed by atoms with E-state index in [4.69, 9.17) is 16.0 Å². The van der Waals surface area contributed by atoms with Gasteiger partial charge in [-0.2, -0.15) is 5.10 Å². The zero-order valence-electron chi connectivity index (χ0n) is 13.0. The largest absolute Gasteiger partial charge is 0.411 e. The highest BCUT2D eigenvalue weighted by Gasteiger charge is 2.09. The van der Waals surface area contributed by atoms with Gasteiger partial charge in [-0.25, -0.2) is 4.68 Å². The second-order valence-electron chi connectivity index (χ2n) is 5.29. The van der Waals surface area contributed by atoms with Crippen LogP contribution in [0.15, 0.2) is 76.6 Å². The second-order valence-corrected chi connectivity index (χ2v) is 6.65. The van der Waals surface area contributed by atoms with Crippen molar-refractivity contribution in [1.29, 1.82) is 0 Å². The third-order valence-corrected chi connectivity index (χ3v) is 4.67. The molecule has 7 heteroatoms. The van der Waals surface area contributed by atoms with Crippen molar-refractivity contribution in [2.24, 2.45) is 0 Å². The Balaban J connectivity index is 1.42. The molecular formula is C18H13ClN4OS. The third-order valence-electron chi connectivity index (χ3n) is 3.55. The van der Waals surface area contributed by atoms with Crippen LogP contribution in [0.3, 0.4) is 0 Å². The fourth-order valence-electron chi connectivity index (χ4n) is 2.32. The first-order valence-corrected chi connectivity index (χ1v) is 8.95. The van der Waals surface area contributed by atoms with Crippen LogP contribution in [0.1, 0.15) is 5.56 Å². The molecule has 5 nitrogen and oxygen atoms in total. The molecule has 124 valence electrons. The molecule has 0 saturated carbocycles. The van der Waals surface area contributed by atoms with E-state index in [0.717, 1.165) is 17.0 Å². The first-order valence-electron chi connectivity index (χ1n) is 7.59. The smallest absolute Gasteiger partial charge is 0.277 e. The Morgan fingerprint density at radius 2 is 1.92 bits per heavy atom. The highest BCUT2D eigenvalue weighted by atomic mass is 35.5. The standard InChI is InChI=1S/C18H13ClN4OS/c19-15-4-1-3-14(11-15)17-21-22-18(24-17)25-12-13-5-7-16(8-6-13)23-10-2-9-20-23/h1-11H,12H2. The lowest BCUT2D eigenvalue weighted by Crippen LogP contribution is -1.93. The quantitative estimate of drug-likeness (QED) is 0.470. The van der Waals surface area contributed by atoms with Gasteiger partial charge in [0.25, 0.3) is 5.22 Å². The van der Waals surface area contributed by atoms with Crippen molar-refractivity contribution in [3.05, 3.63) is 77.6 Å². The molecule has 0 amide bonds. The van der Waals surface area contributed by atoms with Crippen molar-refractivity contribution in [1.82, 2.24) is 20.0 Å². The van der Waals surface area contributed by atoms with Crippen LogP contribution in [-0.4, -0.2) is 20.0 Å². The summed E-state index contributed by atoms with van der Waals surface area (Å²) in [6, 6.07) is 17.5. The molecule has 0 radical (unpaired) electrons. The van der Waals surface area contributed by atoms with E-state index in [2.05, 4.69) is 27.4 Å². The maximum Gasteiger partial charge on any atom is 0.277 e. The van der Waals surface area contributed by atoms with Crippen LogP contribution in [-0.2, 0) is 5.75 Å². The maximum absolute atomic E-state index is 5.99. The fraction of sp³-hybridized carbons (Fsp3) is 0.0556. The van der Waals surface area contributed by atoms with Gasteiger partial charge in [0.15, 0.2) is 0 Å². The first-order chi connectivity index (χ1) is 12.3. The Labute approximate surface area is 153 Å². The average molecular weight is 369 g/mol. The van der Waals surface area contributed by atoms with Gasteiger partial charge in [-0.1, -0.05) is 41.6 Å². The average Bonchev–Trinajstić information content (AvgIpc) is 3.32. The molecule has 2 aromatic carbocycles. The number of aromatic nitrogens is 4. The Kier molecular flexibility index (Phi) is 4.54. The lowest BCUT2D eigenvalue weighted by atomic mass is 10.2. The van der Waals surface area contributed by atoms with Crippen molar-refractivity contribution >= 4 is 23.4 Å². The van der Waals surface area contributed by atoms with E-state index < -0.39 is 0 Å². The second kappa shape index (κ2) is 7.13. The van der Waals surface area contributed by atoms with Crippen molar-refractivity contribution in [2.75, 3.05) is 0 Å². The van der Waals surface area contributed by atoms with Gasteiger partial charge in [-0.3, -0.25) is 0 Å². The minimum Gasteiger partial charge on any atom is -0.411 e. The molecule has 0 aliphatic rings. The Hall–Kier alpha value is -2.57. The zero-order valence-corrected chi connectivity index (χ0v) is 14.6. The SMILES string of the molecule is Clc1cccc(-c2nnc(SCc3ccc(-n4cccn4)cc3)o2)c1. The molecule has 2 aromatic heterocycles. The summed E-state index contributed by atoms with van der Waals surface area (Å²) in [7, 11) is 0. The molecule has 0 atom stereocenters. The molecule has 0 aliphatic carbocycles. The zero-order chi connectivity index (χ0) is 17.1. The van der Waals surface area contributed by atoms with Crippen LogP contribution in [0, 0.1) is 0 Å². The molecule has 0 saturated heterocycles. The third kappa shape index (κ3) is 3.75. The minimum absolute atomic E-state index is 0.471. The number of nitrogens with zero attached hydrogens (tertiary/aromatic N) is 4. The molecule has 0 N–H and O–H groups in total. The van der Waals surface area contributed by atoms with E-state index in [9.17, 15) is 0 Å². The maximum atomic E-state index is 5.99. The van der Waals surface area contributed by atoms with E-state index in [-0.39, 0.29) is 0 Å². The first kappa shape index (κ1) is 15.9. The topological polar surface area (TPSA) is 56.7 Å². The molecule has 4 rings (SSSR count). The molecule has 25 heavy (non-hydrogen) atoms. The van der Waals surface area contributed by atoms with Crippen LogP contribution in [0.4, 0.5) is 0 Å². The van der Waals surface area contributed by atoms with Gasteiger partial charge in [0.1, 0.15) is 0 Å². The predicted octanol–water partition coefficient (Wildman–Crippen LogP) is 4.87.